The number of aromatic nitrogens is 3. The zero-order valence-electron chi connectivity index (χ0n) is 11.8. The maximum absolute atomic E-state index is 12.2. The molecule has 2 heterocycles. The van der Waals surface area contributed by atoms with Crippen molar-refractivity contribution < 1.29 is 4.79 Å². The van der Waals surface area contributed by atoms with E-state index in [0.717, 1.165) is 18.1 Å². The predicted molar refractivity (Wildman–Crippen MR) is 81.2 cm³/mol. The van der Waals surface area contributed by atoms with Crippen LogP contribution in [0.2, 0.25) is 0 Å². The molecule has 0 bridgehead atoms. The van der Waals surface area contributed by atoms with Crippen LogP contribution in [0.1, 0.15) is 23.0 Å². The molecule has 0 spiro atoms. The van der Waals surface area contributed by atoms with Crippen LogP contribution in [-0.4, -0.2) is 34.3 Å². The van der Waals surface area contributed by atoms with Gasteiger partial charge in [-0.15, -0.1) is 0 Å². The molecule has 0 aliphatic rings. The summed E-state index contributed by atoms with van der Waals surface area (Å²) < 4.78 is 1.62. The summed E-state index contributed by atoms with van der Waals surface area (Å²) >= 11 is 1.29. The summed E-state index contributed by atoms with van der Waals surface area (Å²) in [5.41, 5.74) is 6.46. The summed E-state index contributed by atoms with van der Waals surface area (Å²) in [4.78, 5) is 18.8. The van der Waals surface area contributed by atoms with Crippen LogP contribution in [0.3, 0.4) is 0 Å². The number of amides is 1. The molecule has 1 amide bonds. The Morgan fingerprint density at radius 2 is 2.35 bits per heavy atom. The van der Waals surface area contributed by atoms with Gasteiger partial charge in [-0.3, -0.25) is 9.48 Å². The maximum atomic E-state index is 12.2. The Morgan fingerprint density at radius 3 is 2.95 bits per heavy atom. The average molecular weight is 294 g/mol. The van der Waals surface area contributed by atoms with Crippen LogP contribution in [0.4, 0.5) is 16.6 Å². The highest BCUT2D eigenvalue weighted by atomic mass is 32.1. The number of anilines is 3. The van der Waals surface area contributed by atoms with Gasteiger partial charge in [0.25, 0.3) is 5.91 Å². The lowest BCUT2D eigenvalue weighted by atomic mass is 10.4. The van der Waals surface area contributed by atoms with Crippen molar-refractivity contribution >= 4 is 33.9 Å². The van der Waals surface area contributed by atoms with Gasteiger partial charge in [-0.05, 0) is 6.42 Å². The number of aryl methyl sites for hydroxylation is 1. The van der Waals surface area contributed by atoms with Crippen molar-refractivity contribution in [3.05, 3.63) is 17.3 Å². The van der Waals surface area contributed by atoms with Gasteiger partial charge in [0.05, 0.1) is 11.9 Å². The number of nitrogens with one attached hydrogen (secondary N) is 1. The minimum absolute atomic E-state index is 0.259. The van der Waals surface area contributed by atoms with Gasteiger partial charge in [-0.2, -0.15) is 5.10 Å². The Hall–Kier alpha value is -2.09. The summed E-state index contributed by atoms with van der Waals surface area (Å²) in [6.07, 6.45) is 4.31. The normalized spacial score (nSPS) is 10.6. The van der Waals surface area contributed by atoms with E-state index in [1.54, 1.807) is 24.1 Å². The number of nitrogens with two attached hydrogens (primary N) is 1. The highest BCUT2D eigenvalue weighted by molar-refractivity contribution is 7.18. The Bertz CT molecular complexity index is 605. The van der Waals surface area contributed by atoms with E-state index in [9.17, 15) is 4.79 Å². The molecule has 0 aromatic carbocycles. The van der Waals surface area contributed by atoms with Crippen molar-refractivity contribution in [1.82, 2.24) is 14.8 Å². The second-order valence-electron chi connectivity index (χ2n) is 4.49. The van der Waals surface area contributed by atoms with E-state index in [0.29, 0.717) is 10.6 Å². The van der Waals surface area contributed by atoms with Gasteiger partial charge in [-0.1, -0.05) is 18.3 Å². The molecule has 0 radical (unpaired) electrons. The molecule has 108 valence electrons. The van der Waals surface area contributed by atoms with E-state index in [1.807, 2.05) is 11.9 Å². The second-order valence-corrected chi connectivity index (χ2v) is 5.47. The topological polar surface area (TPSA) is 89.1 Å². The Morgan fingerprint density at radius 1 is 1.60 bits per heavy atom. The molecule has 8 heteroatoms. The molecule has 0 aliphatic heterocycles. The van der Waals surface area contributed by atoms with Crippen LogP contribution < -0.4 is 16.0 Å². The molecule has 0 fully saturated rings. The van der Waals surface area contributed by atoms with E-state index in [1.165, 1.54) is 11.3 Å². The van der Waals surface area contributed by atoms with Gasteiger partial charge in [0.1, 0.15) is 10.7 Å². The number of thiazole rings is 1. The molecule has 0 aliphatic carbocycles. The number of hydrogen-bond donors (Lipinski definition) is 2. The van der Waals surface area contributed by atoms with Crippen molar-refractivity contribution in [3.63, 3.8) is 0 Å². The smallest absolute Gasteiger partial charge is 0.269 e. The largest absolute Gasteiger partial charge is 0.382 e. The third-order valence-corrected chi connectivity index (χ3v) is 3.88. The summed E-state index contributed by atoms with van der Waals surface area (Å²) in [5.74, 6) is -0.00140. The molecule has 20 heavy (non-hydrogen) atoms. The van der Waals surface area contributed by atoms with Gasteiger partial charge >= 0.3 is 0 Å². The lowest BCUT2D eigenvalue weighted by molar-refractivity contribution is 0.103. The zero-order chi connectivity index (χ0) is 14.7. The summed E-state index contributed by atoms with van der Waals surface area (Å²) in [7, 11) is 3.72. The first-order chi connectivity index (χ1) is 9.51. The zero-order valence-corrected chi connectivity index (χ0v) is 12.6. The van der Waals surface area contributed by atoms with Gasteiger partial charge in [0.15, 0.2) is 5.13 Å². The highest BCUT2D eigenvalue weighted by Gasteiger charge is 2.18. The molecule has 0 unspecified atom stereocenters. The molecular weight excluding hydrogens is 276 g/mol. The third-order valence-electron chi connectivity index (χ3n) is 2.70. The summed E-state index contributed by atoms with van der Waals surface area (Å²) in [6.45, 7) is 2.96. The van der Waals surface area contributed by atoms with Gasteiger partial charge < -0.3 is 16.0 Å². The molecule has 0 atom stereocenters. The third kappa shape index (κ3) is 3.08. The highest BCUT2D eigenvalue weighted by Crippen LogP contribution is 2.28. The Labute approximate surface area is 121 Å². The standard InChI is InChI=1S/C12H18N6OS/c1-4-5-17(2)12-16-10(13)9(20-12)11(19)15-8-6-14-18(3)7-8/h6-7H,4-5,13H2,1-3H3,(H,15,19). The number of nitrogen functional groups attached to an aromatic ring is 1. The number of nitrogens with zero attached hydrogens (tertiary/aromatic N) is 4. The van der Waals surface area contributed by atoms with Crippen molar-refractivity contribution in [2.75, 3.05) is 29.5 Å². The fraction of sp³-hybridized carbons (Fsp3) is 0.417. The van der Waals surface area contributed by atoms with E-state index in [2.05, 4.69) is 22.3 Å². The Balaban J connectivity index is 2.13. The van der Waals surface area contributed by atoms with Crippen LogP contribution in [0.25, 0.3) is 0 Å². The first-order valence-corrected chi connectivity index (χ1v) is 7.10. The lowest BCUT2D eigenvalue weighted by Crippen LogP contribution is -2.17. The van der Waals surface area contributed by atoms with Crippen LogP contribution in [-0.2, 0) is 7.05 Å². The van der Waals surface area contributed by atoms with Crippen LogP contribution >= 0.6 is 11.3 Å². The minimum Gasteiger partial charge on any atom is -0.382 e. The molecule has 3 N–H and O–H groups in total. The van der Waals surface area contributed by atoms with Crippen molar-refractivity contribution in [2.45, 2.75) is 13.3 Å². The minimum atomic E-state index is -0.260. The first-order valence-electron chi connectivity index (χ1n) is 6.28. The average Bonchev–Trinajstić information content (AvgIpc) is 2.96. The Kier molecular flexibility index (Phi) is 4.23. The van der Waals surface area contributed by atoms with Gasteiger partial charge in [0.2, 0.25) is 0 Å². The quantitative estimate of drug-likeness (QED) is 0.873. The second kappa shape index (κ2) is 5.91. The number of rotatable bonds is 5. The molecule has 0 saturated heterocycles. The van der Waals surface area contributed by atoms with E-state index in [-0.39, 0.29) is 11.7 Å². The van der Waals surface area contributed by atoms with Gasteiger partial charge in [0, 0.05) is 26.8 Å². The molecular formula is C12H18N6OS. The summed E-state index contributed by atoms with van der Waals surface area (Å²) in [6, 6.07) is 0. The van der Waals surface area contributed by atoms with E-state index >= 15 is 0 Å². The lowest BCUT2D eigenvalue weighted by Gasteiger charge is -2.13. The number of hydrogen-bond acceptors (Lipinski definition) is 6. The van der Waals surface area contributed by atoms with Crippen molar-refractivity contribution in [3.8, 4) is 0 Å². The van der Waals surface area contributed by atoms with Crippen LogP contribution in [0.15, 0.2) is 12.4 Å². The van der Waals surface area contributed by atoms with Crippen molar-refractivity contribution in [1.29, 1.82) is 0 Å². The molecule has 2 aromatic rings. The van der Waals surface area contributed by atoms with Crippen LogP contribution in [0, 0.1) is 0 Å². The molecule has 0 saturated carbocycles. The fourth-order valence-corrected chi connectivity index (χ4v) is 2.62. The monoisotopic (exact) mass is 294 g/mol. The number of carbonyl (C=O) groups is 1. The fourth-order valence-electron chi connectivity index (χ4n) is 1.75. The first kappa shape index (κ1) is 14.3. The molecule has 2 rings (SSSR count). The SMILES string of the molecule is CCCN(C)c1nc(N)c(C(=O)Nc2cnn(C)c2)s1. The van der Waals surface area contributed by atoms with Crippen molar-refractivity contribution in [2.24, 2.45) is 7.05 Å². The molecule has 7 nitrogen and oxygen atoms in total. The predicted octanol–water partition coefficient (Wildman–Crippen LogP) is 1.56. The van der Waals surface area contributed by atoms with E-state index < -0.39 is 0 Å². The number of carbonyl (C=O) groups excluding carboxylic acids is 1. The van der Waals surface area contributed by atoms with Gasteiger partial charge in [-0.25, -0.2) is 4.98 Å². The maximum Gasteiger partial charge on any atom is 0.269 e. The summed E-state index contributed by atoms with van der Waals surface area (Å²) in [5, 5.41) is 7.50. The van der Waals surface area contributed by atoms with Crippen LogP contribution in [0.5, 0.6) is 0 Å². The molecule has 2 aromatic heterocycles. The van der Waals surface area contributed by atoms with E-state index in [4.69, 9.17) is 5.73 Å².